The van der Waals surface area contributed by atoms with E-state index in [2.05, 4.69) is 15.9 Å². The van der Waals surface area contributed by atoms with Gasteiger partial charge in [0.2, 0.25) is 5.91 Å². The van der Waals surface area contributed by atoms with Crippen molar-refractivity contribution in [2.45, 2.75) is 5.38 Å². The van der Waals surface area contributed by atoms with Gasteiger partial charge in [0.25, 0.3) is 0 Å². The summed E-state index contributed by atoms with van der Waals surface area (Å²) in [6.07, 6.45) is 0. The monoisotopic (exact) mass is 273 g/mol. The minimum absolute atomic E-state index is 0.0210. The fourth-order valence-electron chi connectivity index (χ4n) is 1.65. The molecule has 2 nitrogen and oxygen atoms in total. The summed E-state index contributed by atoms with van der Waals surface area (Å²) in [6.45, 7) is 0.666. The molecule has 0 spiro atoms. The van der Waals surface area contributed by atoms with Gasteiger partial charge in [-0.15, -0.1) is 11.6 Å². The lowest BCUT2D eigenvalue weighted by Gasteiger charge is -2.15. The number of anilines is 1. The smallest absolute Gasteiger partial charge is 0.249 e. The number of carbonyl (C=O) groups is 1. The van der Waals surface area contributed by atoms with Crippen LogP contribution in [0.5, 0.6) is 0 Å². The minimum Gasteiger partial charge on any atom is -0.310 e. The number of benzene rings is 1. The molecule has 0 bridgehead atoms. The summed E-state index contributed by atoms with van der Waals surface area (Å²) in [4.78, 5) is 13.4. The maximum atomic E-state index is 11.7. The van der Waals surface area contributed by atoms with Crippen molar-refractivity contribution in [2.75, 3.05) is 16.8 Å². The van der Waals surface area contributed by atoms with Gasteiger partial charge >= 0.3 is 0 Å². The molecule has 2 rings (SSSR count). The van der Waals surface area contributed by atoms with E-state index < -0.39 is 5.38 Å². The van der Waals surface area contributed by atoms with Crippen molar-refractivity contribution in [3.05, 3.63) is 29.8 Å². The number of hydrogen-bond acceptors (Lipinski definition) is 1. The minimum atomic E-state index is -0.509. The molecule has 1 aromatic rings. The average molecular weight is 275 g/mol. The van der Waals surface area contributed by atoms with Crippen LogP contribution < -0.4 is 4.90 Å². The first-order valence-electron chi connectivity index (χ1n) is 4.36. The molecule has 1 heterocycles. The number of amides is 1. The summed E-state index contributed by atoms with van der Waals surface area (Å²) in [5.41, 5.74) is 1.86. The molecule has 1 aliphatic heterocycles. The van der Waals surface area contributed by atoms with E-state index in [4.69, 9.17) is 11.6 Å². The summed E-state index contributed by atoms with van der Waals surface area (Å²) >= 11 is 9.34. The number of rotatable bonds is 2. The van der Waals surface area contributed by atoms with Crippen LogP contribution in [-0.4, -0.2) is 17.8 Å². The first-order chi connectivity index (χ1) is 6.75. The molecule has 0 fully saturated rings. The highest BCUT2D eigenvalue weighted by Crippen LogP contribution is 2.39. The second-order valence-electron chi connectivity index (χ2n) is 3.10. The number of carbonyl (C=O) groups excluding carboxylic acids is 1. The van der Waals surface area contributed by atoms with Gasteiger partial charge in [-0.25, -0.2) is 0 Å². The van der Waals surface area contributed by atoms with E-state index in [1.165, 1.54) is 0 Å². The maximum Gasteiger partial charge on any atom is 0.249 e. The predicted molar refractivity (Wildman–Crippen MR) is 61.2 cm³/mol. The number of hydrogen-bond donors (Lipinski definition) is 0. The van der Waals surface area contributed by atoms with Gasteiger partial charge in [0, 0.05) is 23.1 Å². The summed E-state index contributed by atoms with van der Waals surface area (Å²) in [5, 5.41) is 0.252. The third-order valence-corrected chi connectivity index (χ3v) is 3.07. The molecule has 0 radical (unpaired) electrons. The Kier molecular flexibility index (Phi) is 2.79. The van der Waals surface area contributed by atoms with Gasteiger partial charge in [-0.05, 0) is 6.07 Å². The third-order valence-electron chi connectivity index (χ3n) is 2.29. The lowest BCUT2D eigenvalue weighted by molar-refractivity contribution is -0.117. The van der Waals surface area contributed by atoms with Gasteiger partial charge < -0.3 is 4.90 Å². The quantitative estimate of drug-likeness (QED) is 0.759. The van der Waals surface area contributed by atoms with Gasteiger partial charge in [0.1, 0.15) is 5.38 Å². The van der Waals surface area contributed by atoms with Crippen molar-refractivity contribution >= 4 is 39.1 Å². The number of halogens is 2. The van der Waals surface area contributed by atoms with Crippen molar-refractivity contribution < 1.29 is 4.79 Å². The second-order valence-corrected chi connectivity index (χ2v) is 4.33. The van der Waals surface area contributed by atoms with Crippen molar-refractivity contribution in [1.82, 2.24) is 0 Å². The Morgan fingerprint density at radius 2 is 2.14 bits per heavy atom. The zero-order valence-electron chi connectivity index (χ0n) is 7.41. The average Bonchev–Trinajstić information content (AvgIpc) is 2.45. The van der Waals surface area contributed by atoms with Crippen molar-refractivity contribution in [2.24, 2.45) is 0 Å². The van der Waals surface area contributed by atoms with E-state index >= 15 is 0 Å². The molecule has 1 unspecified atom stereocenters. The van der Waals surface area contributed by atoms with Crippen LogP contribution in [0.15, 0.2) is 24.3 Å². The van der Waals surface area contributed by atoms with Gasteiger partial charge in [0.15, 0.2) is 0 Å². The number of alkyl halides is 2. The molecule has 1 aromatic carbocycles. The second kappa shape index (κ2) is 3.91. The fourth-order valence-corrected chi connectivity index (χ4v) is 2.31. The van der Waals surface area contributed by atoms with E-state index in [0.717, 1.165) is 16.6 Å². The van der Waals surface area contributed by atoms with E-state index in [1.54, 1.807) is 4.90 Å². The molecule has 74 valence electrons. The Morgan fingerprint density at radius 1 is 1.43 bits per heavy atom. The Hall–Kier alpha value is -0.540. The summed E-state index contributed by atoms with van der Waals surface area (Å²) in [5.74, 6) is -0.0210. The standard InChI is InChI=1S/C10H9BrClNO/c11-5-6-13-8-4-2-1-3-7(8)9(12)10(13)14/h1-4,9H,5-6H2. The first kappa shape index (κ1) is 9.99. The SMILES string of the molecule is O=C1C(Cl)c2ccccc2N1CCBr. The fraction of sp³-hybridized carbons (Fsp3) is 0.300. The lowest BCUT2D eigenvalue weighted by atomic mass is 10.2. The molecular formula is C10H9BrClNO. The molecule has 4 heteroatoms. The molecule has 1 aliphatic rings. The number of para-hydroxylation sites is 1. The zero-order chi connectivity index (χ0) is 10.1. The normalized spacial score (nSPS) is 20.0. The van der Waals surface area contributed by atoms with E-state index in [9.17, 15) is 4.79 Å². The molecule has 0 N–H and O–H groups in total. The van der Waals surface area contributed by atoms with Crippen LogP contribution in [0, 0.1) is 0 Å². The van der Waals surface area contributed by atoms with Crippen LogP contribution in [0.2, 0.25) is 0 Å². The van der Waals surface area contributed by atoms with Gasteiger partial charge in [-0.2, -0.15) is 0 Å². The van der Waals surface area contributed by atoms with Gasteiger partial charge in [-0.1, -0.05) is 34.1 Å². The van der Waals surface area contributed by atoms with Gasteiger partial charge in [0.05, 0.1) is 0 Å². The molecule has 1 atom stereocenters. The van der Waals surface area contributed by atoms with Crippen LogP contribution >= 0.6 is 27.5 Å². The Labute approximate surface area is 96.0 Å². The number of fused-ring (bicyclic) bond motifs is 1. The van der Waals surface area contributed by atoms with E-state index in [0.29, 0.717) is 6.54 Å². The largest absolute Gasteiger partial charge is 0.310 e. The number of nitrogens with zero attached hydrogens (tertiary/aromatic N) is 1. The predicted octanol–water partition coefficient (Wildman–Crippen LogP) is 2.71. The summed E-state index contributed by atoms with van der Waals surface area (Å²) < 4.78 is 0. The molecule has 0 aliphatic carbocycles. The maximum absolute atomic E-state index is 11.7. The molecular weight excluding hydrogens is 265 g/mol. The van der Waals surface area contributed by atoms with Crippen LogP contribution in [0.4, 0.5) is 5.69 Å². The summed E-state index contributed by atoms with van der Waals surface area (Å²) in [7, 11) is 0. The van der Waals surface area contributed by atoms with Crippen LogP contribution in [0.1, 0.15) is 10.9 Å². The van der Waals surface area contributed by atoms with E-state index in [-0.39, 0.29) is 5.91 Å². The Balaban J connectivity index is 2.42. The highest BCUT2D eigenvalue weighted by atomic mass is 79.9. The highest BCUT2D eigenvalue weighted by Gasteiger charge is 2.34. The van der Waals surface area contributed by atoms with Crippen molar-refractivity contribution in [3.63, 3.8) is 0 Å². The van der Waals surface area contributed by atoms with Crippen molar-refractivity contribution in [3.8, 4) is 0 Å². The molecule has 0 aromatic heterocycles. The van der Waals surface area contributed by atoms with Crippen LogP contribution in [0.3, 0.4) is 0 Å². The highest BCUT2D eigenvalue weighted by molar-refractivity contribution is 9.09. The van der Waals surface area contributed by atoms with Gasteiger partial charge in [-0.3, -0.25) is 4.79 Å². The molecule has 0 saturated carbocycles. The molecule has 0 saturated heterocycles. The lowest BCUT2D eigenvalue weighted by Crippen LogP contribution is -2.29. The topological polar surface area (TPSA) is 20.3 Å². The molecule has 1 amide bonds. The van der Waals surface area contributed by atoms with Crippen LogP contribution in [0.25, 0.3) is 0 Å². The summed E-state index contributed by atoms with van der Waals surface area (Å²) in [6, 6.07) is 7.65. The van der Waals surface area contributed by atoms with Crippen molar-refractivity contribution in [1.29, 1.82) is 0 Å². The molecule has 14 heavy (non-hydrogen) atoms. The Morgan fingerprint density at radius 3 is 2.86 bits per heavy atom. The third kappa shape index (κ3) is 1.44. The first-order valence-corrected chi connectivity index (χ1v) is 5.92. The Bertz CT molecular complexity index is 369. The van der Waals surface area contributed by atoms with Crippen LogP contribution in [-0.2, 0) is 4.79 Å². The van der Waals surface area contributed by atoms with E-state index in [1.807, 2.05) is 24.3 Å². The zero-order valence-corrected chi connectivity index (χ0v) is 9.75.